The van der Waals surface area contributed by atoms with Crippen LogP contribution in [-0.4, -0.2) is 31.0 Å². The van der Waals surface area contributed by atoms with Gasteiger partial charge < -0.3 is 20.1 Å². The van der Waals surface area contributed by atoms with Crippen LogP contribution in [0.1, 0.15) is 43.6 Å². The van der Waals surface area contributed by atoms with Crippen molar-refractivity contribution in [1.82, 2.24) is 0 Å². The van der Waals surface area contributed by atoms with Gasteiger partial charge in [-0.2, -0.15) is 0 Å². The third-order valence-corrected chi connectivity index (χ3v) is 6.36. The van der Waals surface area contributed by atoms with Gasteiger partial charge in [-0.1, -0.05) is 29.3 Å². The van der Waals surface area contributed by atoms with Gasteiger partial charge in [0.1, 0.15) is 10.8 Å². The van der Waals surface area contributed by atoms with E-state index in [-0.39, 0.29) is 29.7 Å². The summed E-state index contributed by atoms with van der Waals surface area (Å²) in [6.45, 7) is 7.08. The van der Waals surface area contributed by atoms with Crippen LogP contribution in [0, 0.1) is 20.8 Å². The molecule has 3 aromatic rings. The van der Waals surface area contributed by atoms with Gasteiger partial charge in [0.25, 0.3) is 11.8 Å². The lowest BCUT2D eigenvalue weighted by atomic mass is 10.1. The van der Waals surface area contributed by atoms with Gasteiger partial charge in [0.05, 0.1) is 17.0 Å². The molecule has 0 aliphatic carbocycles. The molecule has 0 saturated carbocycles. The molecular weight excluding hydrogens is 476 g/mol. The smallest absolute Gasteiger partial charge is 0.341 e. The summed E-state index contributed by atoms with van der Waals surface area (Å²) in [5.41, 5.74) is 3.25. The maximum Gasteiger partial charge on any atom is 0.341 e. The fourth-order valence-electron chi connectivity index (χ4n) is 3.24. The monoisotopic (exact) mass is 500 g/mol. The highest BCUT2D eigenvalue weighted by Crippen LogP contribution is 2.34. The summed E-state index contributed by atoms with van der Waals surface area (Å²) in [4.78, 5) is 38.5. The van der Waals surface area contributed by atoms with Gasteiger partial charge in [-0.15, -0.1) is 11.3 Å². The van der Waals surface area contributed by atoms with Crippen LogP contribution < -0.4 is 15.4 Å². The number of nitrogens with one attached hydrogen (secondary N) is 2. The average molecular weight is 501 g/mol. The Bertz CT molecular complexity index is 1220. The number of hydrogen-bond donors (Lipinski definition) is 2. The van der Waals surface area contributed by atoms with E-state index in [4.69, 9.17) is 21.1 Å². The molecule has 0 fully saturated rings. The molecule has 1 aromatic heterocycles. The van der Waals surface area contributed by atoms with Gasteiger partial charge in [-0.25, -0.2) is 4.79 Å². The number of rotatable bonds is 8. The largest absolute Gasteiger partial charge is 0.484 e. The van der Waals surface area contributed by atoms with Crippen LogP contribution in [0.15, 0.2) is 42.5 Å². The van der Waals surface area contributed by atoms with E-state index in [9.17, 15) is 14.4 Å². The lowest BCUT2D eigenvalue weighted by Gasteiger charge is -2.09. The van der Waals surface area contributed by atoms with Crippen LogP contribution in [0.25, 0.3) is 0 Å². The highest BCUT2D eigenvalue weighted by molar-refractivity contribution is 7.19. The van der Waals surface area contributed by atoms with Crippen molar-refractivity contribution in [3.05, 3.63) is 74.6 Å². The van der Waals surface area contributed by atoms with Crippen molar-refractivity contribution in [2.45, 2.75) is 27.7 Å². The molecule has 0 aliphatic rings. The van der Waals surface area contributed by atoms with Crippen LogP contribution in [0.4, 0.5) is 10.7 Å². The first-order valence-corrected chi connectivity index (χ1v) is 11.8. The van der Waals surface area contributed by atoms with Gasteiger partial charge in [-0.05, 0) is 69.2 Å². The van der Waals surface area contributed by atoms with Crippen LogP contribution in [0.2, 0.25) is 5.02 Å². The summed E-state index contributed by atoms with van der Waals surface area (Å²) in [7, 11) is 0. The van der Waals surface area contributed by atoms with E-state index in [1.165, 1.54) is 0 Å². The first kappa shape index (κ1) is 25.3. The van der Waals surface area contributed by atoms with Gasteiger partial charge >= 0.3 is 5.97 Å². The Morgan fingerprint density at radius 1 is 1.00 bits per heavy atom. The fourth-order valence-corrected chi connectivity index (χ4v) is 4.47. The SMILES string of the molecule is CCOC(=O)c1c(NC(=O)COc2ccc(Cl)cc2)sc(C(=O)Nc2ccc(C)cc2C)c1C. The molecule has 1 heterocycles. The Morgan fingerprint density at radius 2 is 1.71 bits per heavy atom. The van der Waals surface area contributed by atoms with E-state index in [1.807, 2.05) is 32.0 Å². The zero-order valence-electron chi connectivity index (χ0n) is 19.3. The molecule has 9 heteroatoms. The molecular formula is C25H25ClN2O5S. The molecule has 0 atom stereocenters. The number of thiophene rings is 1. The van der Waals surface area contributed by atoms with Crippen LogP contribution in [-0.2, 0) is 9.53 Å². The lowest BCUT2D eigenvalue weighted by molar-refractivity contribution is -0.118. The Kier molecular flexibility index (Phi) is 8.31. The van der Waals surface area contributed by atoms with E-state index in [2.05, 4.69) is 10.6 Å². The minimum Gasteiger partial charge on any atom is -0.484 e. The molecule has 2 N–H and O–H groups in total. The zero-order valence-corrected chi connectivity index (χ0v) is 20.9. The molecule has 0 saturated heterocycles. The predicted octanol–water partition coefficient (Wildman–Crippen LogP) is 5.77. The Balaban J connectivity index is 1.81. The number of amides is 2. The molecule has 0 aliphatic heterocycles. The highest BCUT2D eigenvalue weighted by Gasteiger charge is 2.27. The number of halogens is 1. The van der Waals surface area contributed by atoms with E-state index in [1.54, 1.807) is 38.1 Å². The summed E-state index contributed by atoms with van der Waals surface area (Å²) in [5.74, 6) is -1.00. The topological polar surface area (TPSA) is 93.7 Å². The van der Waals surface area contributed by atoms with Crippen molar-refractivity contribution < 1.29 is 23.9 Å². The molecule has 0 unspecified atom stereocenters. The van der Waals surface area contributed by atoms with E-state index < -0.39 is 11.9 Å². The maximum atomic E-state index is 13.0. The second-order valence-electron chi connectivity index (χ2n) is 7.54. The standard InChI is InChI=1S/C25H25ClN2O5S/c1-5-32-25(31)21-16(4)22(23(30)27-19-11-6-14(2)12-15(19)3)34-24(21)28-20(29)13-33-18-9-7-17(26)8-10-18/h6-12H,5,13H2,1-4H3,(H,27,30)(H,28,29). The molecule has 0 bridgehead atoms. The molecule has 34 heavy (non-hydrogen) atoms. The van der Waals surface area contributed by atoms with Crippen LogP contribution >= 0.6 is 22.9 Å². The number of ether oxygens (including phenoxy) is 2. The third-order valence-electron chi connectivity index (χ3n) is 4.90. The number of carbonyl (C=O) groups excluding carboxylic acids is 3. The first-order chi connectivity index (χ1) is 16.2. The van der Waals surface area contributed by atoms with E-state index in [0.29, 0.717) is 26.9 Å². The Labute approximate surface area is 207 Å². The first-order valence-electron chi connectivity index (χ1n) is 10.6. The highest BCUT2D eigenvalue weighted by atomic mass is 35.5. The minimum atomic E-state index is -0.615. The van der Waals surface area contributed by atoms with Crippen molar-refractivity contribution in [1.29, 1.82) is 0 Å². The normalized spacial score (nSPS) is 10.5. The van der Waals surface area contributed by atoms with Gasteiger partial charge in [-0.3, -0.25) is 9.59 Å². The molecule has 7 nitrogen and oxygen atoms in total. The number of benzene rings is 2. The third kappa shape index (κ3) is 6.15. The van der Waals surface area contributed by atoms with E-state index >= 15 is 0 Å². The lowest BCUT2D eigenvalue weighted by Crippen LogP contribution is -2.21. The van der Waals surface area contributed by atoms with Crippen molar-refractivity contribution in [3.63, 3.8) is 0 Å². The summed E-state index contributed by atoms with van der Waals surface area (Å²) in [6.07, 6.45) is 0. The van der Waals surface area contributed by atoms with Crippen molar-refractivity contribution in [3.8, 4) is 5.75 Å². The molecule has 0 radical (unpaired) electrons. The van der Waals surface area contributed by atoms with Crippen molar-refractivity contribution >= 4 is 51.4 Å². The van der Waals surface area contributed by atoms with Crippen LogP contribution in [0.5, 0.6) is 5.75 Å². The number of hydrogen-bond acceptors (Lipinski definition) is 6. The number of aryl methyl sites for hydroxylation is 2. The van der Waals surface area contributed by atoms with E-state index in [0.717, 1.165) is 22.5 Å². The predicted molar refractivity (Wildman–Crippen MR) is 134 cm³/mol. The van der Waals surface area contributed by atoms with Gasteiger partial charge in [0, 0.05) is 10.7 Å². The molecule has 2 amide bonds. The summed E-state index contributed by atoms with van der Waals surface area (Å²) in [5, 5.41) is 6.34. The minimum absolute atomic E-state index is 0.150. The molecule has 3 rings (SSSR count). The summed E-state index contributed by atoms with van der Waals surface area (Å²) in [6, 6.07) is 12.3. The summed E-state index contributed by atoms with van der Waals surface area (Å²) < 4.78 is 10.6. The second kappa shape index (κ2) is 11.2. The number of carbonyl (C=O) groups is 3. The maximum absolute atomic E-state index is 13.0. The molecule has 178 valence electrons. The average Bonchev–Trinajstić information content (AvgIpc) is 3.11. The Morgan fingerprint density at radius 3 is 2.35 bits per heavy atom. The summed E-state index contributed by atoms with van der Waals surface area (Å²) >= 11 is 6.86. The number of esters is 1. The fraction of sp³-hybridized carbons (Fsp3) is 0.240. The van der Waals surface area contributed by atoms with Gasteiger partial charge in [0.2, 0.25) is 0 Å². The Hall–Kier alpha value is -3.36. The molecule has 0 spiro atoms. The van der Waals surface area contributed by atoms with Crippen molar-refractivity contribution in [2.75, 3.05) is 23.8 Å². The zero-order chi connectivity index (χ0) is 24.8. The molecule has 2 aromatic carbocycles. The van der Waals surface area contributed by atoms with Crippen LogP contribution in [0.3, 0.4) is 0 Å². The van der Waals surface area contributed by atoms with Gasteiger partial charge in [0.15, 0.2) is 6.61 Å². The number of anilines is 2. The quantitative estimate of drug-likeness (QED) is 0.383. The van der Waals surface area contributed by atoms with Crippen molar-refractivity contribution in [2.24, 2.45) is 0 Å². The second-order valence-corrected chi connectivity index (χ2v) is 9.00.